The summed E-state index contributed by atoms with van der Waals surface area (Å²) in [5.41, 5.74) is 4.76. The van der Waals surface area contributed by atoms with Gasteiger partial charge in [-0.15, -0.1) is 0 Å². The number of carbonyl (C=O) groups excluding carboxylic acids is 1. The van der Waals surface area contributed by atoms with Gasteiger partial charge < -0.3 is 29.7 Å². The van der Waals surface area contributed by atoms with Crippen LogP contribution in [-0.2, 0) is 19.0 Å². The lowest BCUT2D eigenvalue weighted by Gasteiger charge is -2.31. The number of rotatable bonds is 4. The Morgan fingerprint density at radius 2 is 1.77 bits per heavy atom. The molecule has 30 heavy (non-hydrogen) atoms. The SMILES string of the molecule is O=C1/C(=C2/COCCN2)c2cc(NCC3CCOCC3)ccc2N1C1CCOCC1. The predicted octanol–water partition coefficient (Wildman–Crippen LogP) is 2.38. The summed E-state index contributed by atoms with van der Waals surface area (Å²) >= 11 is 0. The zero-order chi connectivity index (χ0) is 20.3. The van der Waals surface area contributed by atoms with E-state index < -0.39 is 0 Å². The number of carbonyl (C=O) groups is 1. The average Bonchev–Trinajstić information content (AvgIpc) is 3.10. The highest BCUT2D eigenvalue weighted by atomic mass is 16.5. The number of hydrogen-bond donors (Lipinski definition) is 2. The molecule has 0 unspecified atom stereocenters. The standard InChI is InChI=1S/C23H31N3O4/c27-23-22(20-15-30-12-7-24-20)19-13-17(25-14-16-3-8-28-9-4-16)1-2-21(19)26(23)18-5-10-29-11-6-18/h1-2,13,16,18,24-25H,3-12,14-15H2/b22-20-. The van der Waals surface area contributed by atoms with Crippen LogP contribution in [0.3, 0.4) is 0 Å². The molecule has 4 aliphatic rings. The van der Waals surface area contributed by atoms with Crippen molar-refractivity contribution >= 4 is 22.9 Å². The van der Waals surface area contributed by atoms with E-state index >= 15 is 0 Å². The molecule has 1 aromatic rings. The van der Waals surface area contributed by atoms with Crippen LogP contribution in [0.5, 0.6) is 0 Å². The fourth-order valence-corrected chi connectivity index (χ4v) is 4.87. The molecule has 0 spiro atoms. The monoisotopic (exact) mass is 413 g/mol. The second kappa shape index (κ2) is 8.96. The van der Waals surface area contributed by atoms with Crippen LogP contribution >= 0.6 is 0 Å². The quantitative estimate of drug-likeness (QED) is 0.739. The molecule has 0 aromatic heterocycles. The van der Waals surface area contributed by atoms with Gasteiger partial charge in [0.2, 0.25) is 0 Å². The first kappa shape index (κ1) is 19.8. The normalized spacial score (nSPS) is 25.9. The Morgan fingerprint density at radius 3 is 2.50 bits per heavy atom. The van der Waals surface area contributed by atoms with Gasteiger partial charge in [-0.3, -0.25) is 4.79 Å². The summed E-state index contributed by atoms with van der Waals surface area (Å²) in [4.78, 5) is 15.6. The second-order valence-corrected chi connectivity index (χ2v) is 8.52. The van der Waals surface area contributed by atoms with Crippen LogP contribution in [0.4, 0.5) is 11.4 Å². The molecule has 5 rings (SSSR count). The summed E-state index contributed by atoms with van der Waals surface area (Å²) in [6.07, 6.45) is 3.96. The van der Waals surface area contributed by atoms with Gasteiger partial charge in [-0.2, -0.15) is 0 Å². The molecule has 0 radical (unpaired) electrons. The molecule has 3 fully saturated rings. The first-order chi connectivity index (χ1) is 14.8. The van der Waals surface area contributed by atoms with Crippen LogP contribution in [0.15, 0.2) is 23.9 Å². The minimum atomic E-state index is 0.0893. The molecular formula is C23H31N3O4. The number of ether oxygens (including phenoxy) is 3. The fourth-order valence-electron chi connectivity index (χ4n) is 4.87. The van der Waals surface area contributed by atoms with Gasteiger partial charge in [-0.05, 0) is 49.8 Å². The van der Waals surface area contributed by atoms with E-state index in [2.05, 4.69) is 28.8 Å². The number of amides is 1. The summed E-state index contributed by atoms with van der Waals surface area (Å²) in [6, 6.07) is 6.54. The van der Waals surface area contributed by atoms with Crippen LogP contribution in [0.25, 0.3) is 5.57 Å². The van der Waals surface area contributed by atoms with Crippen molar-refractivity contribution in [1.82, 2.24) is 5.32 Å². The molecule has 4 heterocycles. The number of morpholine rings is 1. The Hall–Kier alpha value is -2.09. The van der Waals surface area contributed by atoms with Crippen LogP contribution in [0, 0.1) is 5.92 Å². The van der Waals surface area contributed by atoms with Gasteiger partial charge in [0.15, 0.2) is 0 Å². The van der Waals surface area contributed by atoms with Crippen molar-refractivity contribution in [3.63, 3.8) is 0 Å². The van der Waals surface area contributed by atoms with Gasteiger partial charge in [0.05, 0.1) is 30.2 Å². The number of hydrogen-bond acceptors (Lipinski definition) is 6. The molecule has 0 bridgehead atoms. The molecule has 0 aliphatic carbocycles. The number of anilines is 2. The zero-order valence-corrected chi connectivity index (χ0v) is 17.5. The third kappa shape index (κ3) is 3.94. The highest BCUT2D eigenvalue weighted by Crippen LogP contribution is 2.42. The van der Waals surface area contributed by atoms with E-state index in [0.717, 1.165) is 80.2 Å². The minimum absolute atomic E-state index is 0.0893. The van der Waals surface area contributed by atoms with E-state index in [1.165, 1.54) is 0 Å². The smallest absolute Gasteiger partial charge is 0.261 e. The molecule has 162 valence electrons. The van der Waals surface area contributed by atoms with Crippen LogP contribution < -0.4 is 15.5 Å². The topological polar surface area (TPSA) is 72.1 Å². The van der Waals surface area contributed by atoms with Gasteiger partial charge in [-0.25, -0.2) is 0 Å². The van der Waals surface area contributed by atoms with Crippen LogP contribution in [0.1, 0.15) is 31.2 Å². The van der Waals surface area contributed by atoms with Gasteiger partial charge in [-0.1, -0.05) is 0 Å². The van der Waals surface area contributed by atoms with Gasteiger partial charge >= 0.3 is 0 Å². The summed E-state index contributed by atoms with van der Waals surface area (Å²) < 4.78 is 16.7. The van der Waals surface area contributed by atoms with E-state index in [4.69, 9.17) is 14.2 Å². The Morgan fingerprint density at radius 1 is 1.00 bits per heavy atom. The molecule has 7 heteroatoms. The Kier molecular flexibility index (Phi) is 5.93. The average molecular weight is 414 g/mol. The summed E-state index contributed by atoms with van der Waals surface area (Å²) in [7, 11) is 0. The van der Waals surface area contributed by atoms with Crippen molar-refractivity contribution in [3.8, 4) is 0 Å². The van der Waals surface area contributed by atoms with Crippen molar-refractivity contribution in [2.45, 2.75) is 31.7 Å². The maximum atomic E-state index is 13.6. The Bertz CT molecular complexity index is 805. The van der Waals surface area contributed by atoms with Gasteiger partial charge in [0, 0.05) is 56.8 Å². The number of nitrogens with one attached hydrogen (secondary N) is 2. The molecule has 3 saturated heterocycles. The molecule has 4 aliphatic heterocycles. The molecule has 7 nitrogen and oxygen atoms in total. The molecule has 0 saturated carbocycles. The predicted molar refractivity (Wildman–Crippen MR) is 116 cm³/mol. The number of benzene rings is 1. The minimum Gasteiger partial charge on any atom is -0.385 e. The molecule has 1 aromatic carbocycles. The maximum Gasteiger partial charge on any atom is 0.261 e. The lowest BCUT2D eigenvalue weighted by molar-refractivity contribution is -0.113. The molecule has 1 amide bonds. The molecule has 2 N–H and O–H groups in total. The summed E-state index contributed by atoms with van der Waals surface area (Å²) in [5.74, 6) is 0.727. The molecular weight excluding hydrogens is 382 g/mol. The summed E-state index contributed by atoms with van der Waals surface area (Å²) in [6.45, 7) is 5.94. The van der Waals surface area contributed by atoms with Crippen LogP contribution in [0.2, 0.25) is 0 Å². The van der Waals surface area contributed by atoms with E-state index in [0.29, 0.717) is 32.3 Å². The zero-order valence-electron chi connectivity index (χ0n) is 17.5. The largest absolute Gasteiger partial charge is 0.385 e. The molecule has 0 atom stereocenters. The van der Waals surface area contributed by atoms with Crippen molar-refractivity contribution in [2.75, 3.05) is 62.9 Å². The highest BCUT2D eigenvalue weighted by molar-refractivity contribution is 6.33. The number of nitrogens with zero attached hydrogens (tertiary/aromatic N) is 1. The van der Waals surface area contributed by atoms with E-state index in [9.17, 15) is 4.79 Å². The van der Waals surface area contributed by atoms with Gasteiger partial charge in [0.1, 0.15) is 0 Å². The second-order valence-electron chi connectivity index (χ2n) is 8.52. The third-order valence-corrected chi connectivity index (χ3v) is 6.58. The lowest BCUT2D eigenvalue weighted by atomic mass is 10.00. The Labute approximate surface area is 177 Å². The van der Waals surface area contributed by atoms with Gasteiger partial charge in [0.25, 0.3) is 5.91 Å². The number of fused-ring (bicyclic) bond motifs is 1. The third-order valence-electron chi connectivity index (χ3n) is 6.58. The highest BCUT2D eigenvalue weighted by Gasteiger charge is 2.39. The maximum absolute atomic E-state index is 13.6. The van der Waals surface area contributed by atoms with Crippen molar-refractivity contribution in [1.29, 1.82) is 0 Å². The fraction of sp³-hybridized carbons (Fsp3) is 0.609. The van der Waals surface area contributed by atoms with E-state index in [1.807, 2.05) is 4.90 Å². The first-order valence-electron chi connectivity index (χ1n) is 11.2. The van der Waals surface area contributed by atoms with E-state index in [1.54, 1.807) is 0 Å². The Balaban J connectivity index is 1.44. The van der Waals surface area contributed by atoms with Crippen molar-refractivity contribution in [2.24, 2.45) is 5.92 Å². The lowest BCUT2D eigenvalue weighted by Crippen LogP contribution is -2.42. The van der Waals surface area contributed by atoms with Crippen molar-refractivity contribution < 1.29 is 19.0 Å². The van der Waals surface area contributed by atoms with Crippen molar-refractivity contribution in [3.05, 3.63) is 29.5 Å². The summed E-state index contributed by atoms with van der Waals surface area (Å²) in [5, 5.41) is 7.00. The van der Waals surface area contributed by atoms with Crippen LogP contribution in [-0.4, -0.2) is 64.7 Å². The first-order valence-corrected chi connectivity index (χ1v) is 11.2. The van der Waals surface area contributed by atoms with E-state index in [-0.39, 0.29) is 11.9 Å².